The minimum atomic E-state index is 0.796. The maximum absolute atomic E-state index is 5.61. The van der Waals surface area contributed by atoms with Crippen molar-refractivity contribution < 1.29 is 9.47 Å². The minimum Gasteiger partial charge on any atom is -0.496 e. The SMILES string of the molecule is COc1cc(/C=C/c2ccc(Br)cc2)c(OC)cc1/C=C/c1ccc(Br)cc1. The molecule has 3 rings (SSSR count). The van der Waals surface area contributed by atoms with Gasteiger partial charge in [0.2, 0.25) is 0 Å². The molecule has 0 aliphatic rings. The second kappa shape index (κ2) is 9.76. The van der Waals surface area contributed by atoms with E-state index in [4.69, 9.17) is 9.47 Å². The van der Waals surface area contributed by atoms with Crippen molar-refractivity contribution in [2.45, 2.75) is 0 Å². The molecule has 0 radical (unpaired) electrons. The molecule has 0 spiro atoms. The van der Waals surface area contributed by atoms with Gasteiger partial charge in [0, 0.05) is 20.1 Å². The molecule has 142 valence electrons. The predicted octanol–water partition coefficient (Wildman–Crippen LogP) is 7.57. The van der Waals surface area contributed by atoms with E-state index in [9.17, 15) is 0 Å². The Labute approximate surface area is 182 Å². The summed E-state index contributed by atoms with van der Waals surface area (Å²) in [6, 6.07) is 20.3. The molecule has 0 aliphatic heterocycles. The number of rotatable bonds is 6. The molecule has 0 unspecified atom stereocenters. The van der Waals surface area contributed by atoms with E-state index in [0.29, 0.717) is 0 Å². The van der Waals surface area contributed by atoms with Gasteiger partial charge in [-0.05, 0) is 47.5 Å². The van der Waals surface area contributed by atoms with Crippen molar-refractivity contribution in [1.82, 2.24) is 0 Å². The van der Waals surface area contributed by atoms with Crippen LogP contribution in [0.25, 0.3) is 24.3 Å². The Kier molecular flexibility index (Phi) is 7.12. The molecule has 0 saturated heterocycles. The van der Waals surface area contributed by atoms with E-state index in [1.54, 1.807) is 14.2 Å². The van der Waals surface area contributed by atoms with Crippen molar-refractivity contribution in [3.63, 3.8) is 0 Å². The summed E-state index contributed by atoms with van der Waals surface area (Å²) in [5, 5.41) is 0. The van der Waals surface area contributed by atoms with Gasteiger partial charge in [0.25, 0.3) is 0 Å². The quantitative estimate of drug-likeness (QED) is 0.325. The molecule has 4 heteroatoms. The van der Waals surface area contributed by atoms with Crippen molar-refractivity contribution in [2.24, 2.45) is 0 Å². The summed E-state index contributed by atoms with van der Waals surface area (Å²) in [7, 11) is 3.36. The molecule has 3 aromatic carbocycles. The second-order valence-electron chi connectivity index (χ2n) is 6.11. The molecule has 3 aromatic rings. The maximum Gasteiger partial charge on any atom is 0.126 e. The van der Waals surface area contributed by atoms with E-state index in [1.807, 2.05) is 48.6 Å². The van der Waals surface area contributed by atoms with Crippen LogP contribution in [0.2, 0.25) is 0 Å². The highest BCUT2D eigenvalue weighted by Gasteiger charge is 2.08. The van der Waals surface area contributed by atoms with Crippen molar-refractivity contribution in [3.05, 3.63) is 91.9 Å². The molecule has 0 aliphatic carbocycles. The van der Waals surface area contributed by atoms with Crippen LogP contribution in [0.4, 0.5) is 0 Å². The second-order valence-corrected chi connectivity index (χ2v) is 7.94. The maximum atomic E-state index is 5.61. The fourth-order valence-corrected chi connectivity index (χ4v) is 3.25. The Hall–Kier alpha value is -2.30. The highest BCUT2D eigenvalue weighted by Crippen LogP contribution is 2.32. The summed E-state index contributed by atoms with van der Waals surface area (Å²) in [5.74, 6) is 1.59. The highest BCUT2D eigenvalue weighted by atomic mass is 79.9. The van der Waals surface area contributed by atoms with Gasteiger partial charge in [-0.1, -0.05) is 80.4 Å². The van der Waals surface area contributed by atoms with E-state index in [1.165, 1.54) is 0 Å². The first kappa shape index (κ1) is 20.4. The fourth-order valence-electron chi connectivity index (χ4n) is 2.73. The van der Waals surface area contributed by atoms with Crippen LogP contribution in [0.15, 0.2) is 69.6 Å². The molecule has 0 bridgehead atoms. The summed E-state index contributed by atoms with van der Waals surface area (Å²) < 4.78 is 13.3. The Bertz CT molecular complexity index is 905. The van der Waals surface area contributed by atoms with Gasteiger partial charge in [-0.3, -0.25) is 0 Å². The molecule has 0 atom stereocenters. The van der Waals surface area contributed by atoms with Gasteiger partial charge < -0.3 is 9.47 Å². The van der Waals surface area contributed by atoms with Gasteiger partial charge in [0.05, 0.1) is 14.2 Å². The van der Waals surface area contributed by atoms with E-state index in [0.717, 1.165) is 42.7 Å². The largest absolute Gasteiger partial charge is 0.496 e. The van der Waals surface area contributed by atoms with Crippen LogP contribution in [0, 0.1) is 0 Å². The van der Waals surface area contributed by atoms with E-state index in [-0.39, 0.29) is 0 Å². The lowest BCUT2D eigenvalue weighted by Gasteiger charge is -2.11. The van der Waals surface area contributed by atoms with E-state index in [2.05, 4.69) is 68.3 Å². The van der Waals surface area contributed by atoms with Crippen LogP contribution >= 0.6 is 31.9 Å². The van der Waals surface area contributed by atoms with Gasteiger partial charge in [-0.15, -0.1) is 0 Å². The molecule has 0 saturated carbocycles. The van der Waals surface area contributed by atoms with Crippen LogP contribution in [0.5, 0.6) is 11.5 Å². The minimum absolute atomic E-state index is 0.796. The smallest absolute Gasteiger partial charge is 0.126 e. The van der Waals surface area contributed by atoms with Crippen molar-refractivity contribution >= 4 is 56.2 Å². The Balaban J connectivity index is 1.90. The van der Waals surface area contributed by atoms with Gasteiger partial charge in [-0.2, -0.15) is 0 Å². The standard InChI is InChI=1S/C24H20Br2O2/c1-27-23-15-20(10-4-18-7-13-22(26)14-8-18)24(28-2)16-19(23)9-3-17-5-11-21(25)12-6-17/h3-16H,1-2H3/b9-3+,10-4+. The normalized spacial score (nSPS) is 11.3. The van der Waals surface area contributed by atoms with Crippen molar-refractivity contribution in [2.75, 3.05) is 14.2 Å². The number of hydrogen-bond acceptors (Lipinski definition) is 2. The number of halogens is 2. The average Bonchev–Trinajstić information content (AvgIpc) is 2.72. The van der Waals surface area contributed by atoms with Crippen LogP contribution in [0.1, 0.15) is 22.3 Å². The van der Waals surface area contributed by atoms with Crippen LogP contribution in [-0.4, -0.2) is 14.2 Å². The zero-order valence-electron chi connectivity index (χ0n) is 15.7. The molecule has 2 nitrogen and oxygen atoms in total. The molecule has 28 heavy (non-hydrogen) atoms. The third-order valence-corrected chi connectivity index (χ3v) is 5.29. The molecule has 0 aromatic heterocycles. The van der Waals surface area contributed by atoms with Crippen molar-refractivity contribution in [1.29, 1.82) is 0 Å². The topological polar surface area (TPSA) is 18.5 Å². The third-order valence-electron chi connectivity index (χ3n) is 4.23. The highest BCUT2D eigenvalue weighted by molar-refractivity contribution is 9.10. The number of hydrogen-bond donors (Lipinski definition) is 0. The lowest BCUT2D eigenvalue weighted by atomic mass is 10.1. The Morgan fingerprint density at radius 2 is 0.929 bits per heavy atom. The van der Waals surface area contributed by atoms with Gasteiger partial charge in [-0.25, -0.2) is 0 Å². The Morgan fingerprint density at radius 3 is 1.25 bits per heavy atom. The molecule has 0 heterocycles. The fraction of sp³-hybridized carbons (Fsp3) is 0.0833. The average molecular weight is 500 g/mol. The first-order chi connectivity index (χ1) is 13.6. The molecular formula is C24H20Br2O2. The number of benzene rings is 3. The summed E-state index contributed by atoms with van der Waals surface area (Å²) in [6.45, 7) is 0. The van der Waals surface area contributed by atoms with Crippen LogP contribution < -0.4 is 9.47 Å². The first-order valence-electron chi connectivity index (χ1n) is 8.72. The summed E-state index contributed by atoms with van der Waals surface area (Å²) in [6.07, 6.45) is 8.18. The summed E-state index contributed by atoms with van der Waals surface area (Å²) in [5.41, 5.74) is 4.15. The lowest BCUT2D eigenvalue weighted by molar-refractivity contribution is 0.401. The Morgan fingerprint density at radius 1 is 0.571 bits per heavy atom. The molecular weight excluding hydrogens is 480 g/mol. The first-order valence-corrected chi connectivity index (χ1v) is 10.3. The van der Waals surface area contributed by atoms with Crippen LogP contribution in [-0.2, 0) is 0 Å². The molecule has 0 fully saturated rings. The van der Waals surface area contributed by atoms with E-state index < -0.39 is 0 Å². The number of methoxy groups -OCH3 is 2. The number of ether oxygens (including phenoxy) is 2. The molecule has 0 amide bonds. The van der Waals surface area contributed by atoms with Gasteiger partial charge in [0.15, 0.2) is 0 Å². The predicted molar refractivity (Wildman–Crippen MR) is 126 cm³/mol. The van der Waals surface area contributed by atoms with Gasteiger partial charge in [0.1, 0.15) is 11.5 Å². The third kappa shape index (κ3) is 5.37. The summed E-state index contributed by atoms with van der Waals surface area (Å²) in [4.78, 5) is 0. The van der Waals surface area contributed by atoms with E-state index >= 15 is 0 Å². The summed E-state index contributed by atoms with van der Waals surface area (Å²) >= 11 is 6.91. The molecule has 0 N–H and O–H groups in total. The zero-order chi connectivity index (χ0) is 19.9. The lowest BCUT2D eigenvalue weighted by Crippen LogP contribution is -1.93. The zero-order valence-corrected chi connectivity index (χ0v) is 18.8. The van der Waals surface area contributed by atoms with Crippen molar-refractivity contribution in [3.8, 4) is 11.5 Å². The van der Waals surface area contributed by atoms with Crippen LogP contribution in [0.3, 0.4) is 0 Å². The monoisotopic (exact) mass is 498 g/mol. The van der Waals surface area contributed by atoms with Gasteiger partial charge >= 0.3 is 0 Å².